The SMILES string of the molecule is CCOC1CC(N)(C(=O)NCCc2nc3c(C)cccc3o2)C1(C)C. The van der Waals surface area contributed by atoms with Crippen molar-refractivity contribution >= 4 is 17.0 Å². The van der Waals surface area contributed by atoms with Gasteiger partial charge in [-0.25, -0.2) is 4.98 Å². The number of carbonyl (C=O) groups is 1. The Morgan fingerprint density at radius 2 is 2.24 bits per heavy atom. The van der Waals surface area contributed by atoms with Gasteiger partial charge >= 0.3 is 0 Å². The van der Waals surface area contributed by atoms with Crippen LogP contribution < -0.4 is 11.1 Å². The number of oxazole rings is 1. The van der Waals surface area contributed by atoms with Gasteiger partial charge in [-0.1, -0.05) is 26.0 Å². The summed E-state index contributed by atoms with van der Waals surface area (Å²) >= 11 is 0. The monoisotopic (exact) mass is 345 g/mol. The predicted molar refractivity (Wildman–Crippen MR) is 96.2 cm³/mol. The molecule has 1 aliphatic carbocycles. The summed E-state index contributed by atoms with van der Waals surface area (Å²) in [7, 11) is 0. The minimum atomic E-state index is -0.898. The van der Waals surface area contributed by atoms with E-state index in [2.05, 4.69) is 10.3 Å². The lowest BCUT2D eigenvalue weighted by Gasteiger charge is -2.57. The largest absolute Gasteiger partial charge is 0.441 e. The fraction of sp³-hybridized carbons (Fsp3) is 0.579. The molecule has 0 saturated heterocycles. The molecule has 1 heterocycles. The van der Waals surface area contributed by atoms with Gasteiger partial charge in [-0.3, -0.25) is 4.79 Å². The van der Waals surface area contributed by atoms with Gasteiger partial charge in [-0.15, -0.1) is 0 Å². The molecule has 0 aliphatic heterocycles. The molecule has 0 radical (unpaired) electrons. The molecule has 6 nitrogen and oxygen atoms in total. The third-order valence-corrected chi connectivity index (χ3v) is 5.52. The van der Waals surface area contributed by atoms with Crippen molar-refractivity contribution in [3.8, 4) is 0 Å². The van der Waals surface area contributed by atoms with Crippen LogP contribution in [0, 0.1) is 12.3 Å². The topological polar surface area (TPSA) is 90.4 Å². The van der Waals surface area contributed by atoms with Crippen LogP contribution in [-0.2, 0) is 16.0 Å². The Morgan fingerprint density at radius 3 is 2.88 bits per heavy atom. The van der Waals surface area contributed by atoms with Gasteiger partial charge in [0.25, 0.3) is 0 Å². The summed E-state index contributed by atoms with van der Waals surface area (Å²) < 4.78 is 11.4. The molecular formula is C19H27N3O3. The highest BCUT2D eigenvalue weighted by Gasteiger charge is 2.62. The molecular weight excluding hydrogens is 318 g/mol. The molecule has 1 fully saturated rings. The maximum absolute atomic E-state index is 12.6. The Bertz CT molecular complexity index is 783. The first-order valence-corrected chi connectivity index (χ1v) is 8.83. The third kappa shape index (κ3) is 2.93. The number of nitrogens with one attached hydrogen (secondary N) is 1. The lowest BCUT2D eigenvalue weighted by atomic mass is 9.54. The molecule has 0 spiro atoms. The molecule has 3 N–H and O–H groups in total. The molecule has 2 unspecified atom stereocenters. The van der Waals surface area contributed by atoms with Gasteiger partial charge in [0.2, 0.25) is 5.91 Å². The Kier molecular flexibility index (Phi) is 4.60. The Hall–Kier alpha value is -1.92. The molecule has 3 rings (SSSR count). The number of ether oxygens (including phenoxy) is 1. The number of hydrogen-bond donors (Lipinski definition) is 2. The lowest BCUT2D eigenvalue weighted by Crippen LogP contribution is -2.75. The fourth-order valence-electron chi connectivity index (χ4n) is 3.50. The maximum Gasteiger partial charge on any atom is 0.240 e. The van der Waals surface area contributed by atoms with Gasteiger partial charge in [0, 0.05) is 31.4 Å². The zero-order chi connectivity index (χ0) is 18.2. The van der Waals surface area contributed by atoms with Gasteiger partial charge in [-0.05, 0) is 25.5 Å². The van der Waals surface area contributed by atoms with E-state index in [1.807, 2.05) is 45.9 Å². The van der Waals surface area contributed by atoms with Crippen molar-refractivity contribution in [2.24, 2.45) is 11.1 Å². The van der Waals surface area contributed by atoms with Crippen molar-refractivity contribution in [1.29, 1.82) is 0 Å². The highest BCUT2D eigenvalue weighted by Crippen LogP contribution is 2.49. The predicted octanol–water partition coefficient (Wildman–Crippen LogP) is 2.33. The molecule has 0 bridgehead atoms. The molecule has 6 heteroatoms. The zero-order valence-corrected chi connectivity index (χ0v) is 15.4. The summed E-state index contributed by atoms with van der Waals surface area (Å²) in [6, 6.07) is 5.85. The summed E-state index contributed by atoms with van der Waals surface area (Å²) in [6.07, 6.45) is 1.10. The first kappa shape index (κ1) is 17.9. The molecule has 136 valence electrons. The van der Waals surface area contributed by atoms with E-state index in [9.17, 15) is 4.79 Å². The van der Waals surface area contributed by atoms with Crippen molar-refractivity contribution in [3.05, 3.63) is 29.7 Å². The third-order valence-electron chi connectivity index (χ3n) is 5.52. The van der Waals surface area contributed by atoms with Crippen LogP contribution in [0.2, 0.25) is 0 Å². The van der Waals surface area contributed by atoms with E-state index in [4.69, 9.17) is 14.9 Å². The van der Waals surface area contributed by atoms with Crippen molar-refractivity contribution in [1.82, 2.24) is 10.3 Å². The Balaban J connectivity index is 1.58. The number of carbonyl (C=O) groups excluding carboxylic acids is 1. The Labute approximate surface area is 148 Å². The second-order valence-corrected chi connectivity index (χ2v) is 7.38. The van der Waals surface area contributed by atoms with Gasteiger partial charge in [0.05, 0.1) is 6.10 Å². The van der Waals surface area contributed by atoms with E-state index in [1.165, 1.54) is 0 Å². The molecule has 1 saturated carbocycles. The number of aromatic nitrogens is 1. The molecule has 1 aromatic carbocycles. The summed E-state index contributed by atoms with van der Waals surface area (Å²) in [5.41, 5.74) is 7.82. The van der Waals surface area contributed by atoms with Crippen LogP contribution in [0.3, 0.4) is 0 Å². The normalized spacial score (nSPS) is 24.9. The molecule has 1 aromatic heterocycles. The summed E-state index contributed by atoms with van der Waals surface area (Å²) in [5.74, 6) is 0.483. The average Bonchev–Trinajstić information content (AvgIpc) is 2.98. The molecule has 2 aromatic rings. The van der Waals surface area contributed by atoms with Crippen LogP contribution in [-0.4, -0.2) is 35.7 Å². The number of amides is 1. The summed E-state index contributed by atoms with van der Waals surface area (Å²) in [5, 5.41) is 2.93. The van der Waals surface area contributed by atoms with Crippen molar-refractivity contribution in [2.75, 3.05) is 13.2 Å². The van der Waals surface area contributed by atoms with Gasteiger partial charge in [-0.2, -0.15) is 0 Å². The minimum absolute atomic E-state index is 0.0215. The minimum Gasteiger partial charge on any atom is -0.441 e. The number of benzene rings is 1. The number of nitrogens with two attached hydrogens (primary N) is 1. The smallest absolute Gasteiger partial charge is 0.240 e. The highest BCUT2D eigenvalue weighted by atomic mass is 16.5. The van der Waals surface area contributed by atoms with Crippen LogP contribution in [0.1, 0.15) is 38.6 Å². The van der Waals surface area contributed by atoms with E-state index < -0.39 is 5.54 Å². The number of para-hydroxylation sites is 1. The van der Waals surface area contributed by atoms with E-state index in [1.54, 1.807) is 0 Å². The number of fused-ring (bicyclic) bond motifs is 1. The van der Waals surface area contributed by atoms with Gasteiger partial charge in [0.15, 0.2) is 11.5 Å². The van der Waals surface area contributed by atoms with Crippen LogP contribution in [0.15, 0.2) is 22.6 Å². The summed E-state index contributed by atoms with van der Waals surface area (Å²) in [4.78, 5) is 17.1. The van der Waals surface area contributed by atoms with E-state index in [-0.39, 0.29) is 17.4 Å². The van der Waals surface area contributed by atoms with Gasteiger partial charge in [0.1, 0.15) is 11.1 Å². The van der Waals surface area contributed by atoms with Crippen molar-refractivity contribution in [2.45, 2.75) is 52.2 Å². The van der Waals surface area contributed by atoms with Gasteiger partial charge < -0.3 is 20.2 Å². The number of hydrogen-bond acceptors (Lipinski definition) is 5. The summed E-state index contributed by atoms with van der Waals surface area (Å²) in [6.45, 7) is 9.00. The second-order valence-electron chi connectivity index (χ2n) is 7.38. The molecule has 1 amide bonds. The molecule has 25 heavy (non-hydrogen) atoms. The fourth-order valence-corrected chi connectivity index (χ4v) is 3.50. The van der Waals surface area contributed by atoms with Crippen molar-refractivity contribution in [3.63, 3.8) is 0 Å². The zero-order valence-electron chi connectivity index (χ0n) is 15.4. The van der Waals surface area contributed by atoms with E-state index >= 15 is 0 Å². The first-order valence-electron chi connectivity index (χ1n) is 8.83. The number of aryl methyl sites for hydroxylation is 1. The average molecular weight is 345 g/mol. The van der Waals surface area contributed by atoms with Crippen LogP contribution in [0.4, 0.5) is 0 Å². The number of rotatable bonds is 6. The van der Waals surface area contributed by atoms with E-state index in [0.29, 0.717) is 31.9 Å². The first-order chi connectivity index (χ1) is 11.8. The second kappa shape index (κ2) is 6.42. The Morgan fingerprint density at radius 1 is 1.48 bits per heavy atom. The molecule has 2 atom stereocenters. The lowest BCUT2D eigenvalue weighted by molar-refractivity contribution is -0.170. The van der Waals surface area contributed by atoms with Crippen LogP contribution >= 0.6 is 0 Å². The molecule has 1 aliphatic rings. The van der Waals surface area contributed by atoms with Crippen molar-refractivity contribution < 1.29 is 13.9 Å². The maximum atomic E-state index is 12.6. The quantitative estimate of drug-likeness (QED) is 0.838. The number of nitrogens with zero attached hydrogens (tertiary/aromatic N) is 1. The van der Waals surface area contributed by atoms with Crippen LogP contribution in [0.5, 0.6) is 0 Å². The highest BCUT2D eigenvalue weighted by molar-refractivity contribution is 5.88. The van der Waals surface area contributed by atoms with Crippen LogP contribution in [0.25, 0.3) is 11.1 Å². The van der Waals surface area contributed by atoms with E-state index in [0.717, 1.165) is 16.7 Å². The standard InChI is InChI=1S/C19H27N3O3/c1-5-24-14-11-19(20,18(14,3)4)17(23)21-10-9-15-22-16-12(2)7-6-8-13(16)25-15/h6-8,14H,5,9-11,20H2,1-4H3,(H,21,23).